The van der Waals surface area contributed by atoms with Crippen LogP contribution in [0.1, 0.15) is 30.4 Å². The van der Waals surface area contributed by atoms with Gasteiger partial charge in [-0.2, -0.15) is 0 Å². The van der Waals surface area contributed by atoms with Crippen molar-refractivity contribution in [2.24, 2.45) is 0 Å². The van der Waals surface area contributed by atoms with Gasteiger partial charge in [-0.15, -0.1) is 0 Å². The molecular formula is C23H23NOS. The van der Waals surface area contributed by atoms with Crippen molar-refractivity contribution in [3.63, 3.8) is 0 Å². The topological polar surface area (TPSA) is 12.5 Å². The summed E-state index contributed by atoms with van der Waals surface area (Å²) >= 11 is 5.66. The van der Waals surface area contributed by atoms with Crippen LogP contribution in [0.25, 0.3) is 10.8 Å². The number of ether oxygens (including phenoxy) is 1. The second kappa shape index (κ2) is 7.88. The molecule has 4 rings (SSSR count). The van der Waals surface area contributed by atoms with Gasteiger partial charge >= 0.3 is 0 Å². The molecule has 0 amide bonds. The molecule has 0 atom stereocenters. The van der Waals surface area contributed by atoms with Crippen LogP contribution in [-0.4, -0.2) is 23.0 Å². The van der Waals surface area contributed by atoms with Gasteiger partial charge in [0.05, 0.1) is 0 Å². The normalized spacial score (nSPS) is 14.4. The van der Waals surface area contributed by atoms with E-state index in [1.165, 1.54) is 35.6 Å². The number of rotatable bonds is 4. The second-order valence-electron chi connectivity index (χ2n) is 6.80. The van der Waals surface area contributed by atoms with E-state index in [2.05, 4.69) is 59.5 Å². The zero-order valence-electron chi connectivity index (χ0n) is 14.9. The van der Waals surface area contributed by atoms with Crippen LogP contribution in [0.5, 0.6) is 5.75 Å². The van der Waals surface area contributed by atoms with E-state index in [1.807, 2.05) is 12.1 Å². The Morgan fingerprint density at radius 3 is 2.38 bits per heavy atom. The van der Waals surface area contributed by atoms with Crippen molar-refractivity contribution in [3.8, 4) is 5.75 Å². The van der Waals surface area contributed by atoms with E-state index < -0.39 is 0 Å². The van der Waals surface area contributed by atoms with Crippen molar-refractivity contribution in [1.82, 2.24) is 4.90 Å². The molecule has 2 nitrogen and oxygen atoms in total. The minimum Gasteiger partial charge on any atom is -0.489 e. The zero-order valence-corrected chi connectivity index (χ0v) is 15.7. The van der Waals surface area contributed by atoms with E-state index >= 15 is 0 Å². The summed E-state index contributed by atoms with van der Waals surface area (Å²) in [6.07, 6.45) is 3.80. The fourth-order valence-electron chi connectivity index (χ4n) is 3.55. The highest BCUT2D eigenvalue weighted by molar-refractivity contribution is 7.80. The predicted octanol–water partition coefficient (Wildman–Crippen LogP) is 5.58. The van der Waals surface area contributed by atoms with Gasteiger partial charge in [0, 0.05) is 18.7 Å². The summed E-state index contributed by atoms with van der Waals surface area (Å²) in [5.74, 6) is 0.878. The fraction of sp³-hybridized carbons (Fsp3) is 0.261. The minimum atomic E-state index is 0.567. The molecule has 0 aliphatic carbocycles. The van der Waals surface area contributed by atoms with Crippen molar-refractivity contribution in [1.29, 1.82) is 0 Å². The Morgan fingerprint density at radius 1 is 0.846 bits per heavy atom. The van der Waals surface area contributed by atoms with Crippen LogP contribution < -0.4 is 4.74 Å². The molecule has 0 saturated carbocycles. The molecule has 0 unspecified atom stereocenters. The third-order valence-electron chi connectivity index (χ3n) is 5.02. The first-order chi connectivity index (χ1) is 12.8. The molecule has 26 heavy (non-hydrogen) atoms. The van der Waals surface area contributed by atoms with Crippen molar-refractivity contribution in [3.05, 3.63) is 77.9 Å². The third kappa shape index (κ3) is 3.73. The molecular weight excluding hydrogens is 338 g/mol. The number of benzene rings is 3. The van der Waals surface area contributed by atoms with Crippen LogP contribution in [0, 0.1) is 0 Å². The van der Waals surface area contributed by atoms with Crippen LogP contribution in [0.4, 0.5) is 0 Å². The fourth-order valence-corrected chi connectivity index (χ4v) is 3.87. The number of likely N-dealkylation sites (tertiary alicyclic amines) is 1. The molecule has 0 radical (unpaired) electrons. The SMILES string of the molecule is S=C(c1ccc(OCc2cccc3ccccc23)cc1)N1CCCCC1. The van der Waals surface area contributed by atoms with E-state index in [1.54, 1.807) is 0 Å². The van der Waals surface area contributed by atoms with E-state index in [0.717, 1.165) is 29.4 Å². The molecule has 0 spiro atoms. The predicted molar refractivity (Wildman–Crippen MR) is 112 cm³/mol. The first-order valence-electron chi connectivity index (χ1n) is 9.30. The number of hydrogen-bond donors (Lipinski definition) is 0. The Hall–Kier alpha value is -2.39. The zero-order chi connectivity index (χ0) is 17.8. The van der Waals surface area contributed by atoms with E-state index in [9.17, 15) is 0 Å². The smallest absolute Gasteiger partial charge is 0.119 e. The lowest BCUT2D eigenvalue weighted by atomic mass is 10.1. The van der Waals surface area contributed by atoms with Gasteiger partial charge in [-0.25, -0.2) is 0 Å². The lowest BCUT2D eigenvalue weighted by Crippen LogP contribution is -2.34. The van der Waals surface area contributed by atoms with Crippen molar-refractivity contribution >= 4 is 28.0 Å². The van der Waals surface area contributed by atoms with Gasteiger partial charge in [-0.1, -0.05) is 54.7 Å². The average Bonchev–Trinajstić information content (AvgIpc) is 2.73. The van der Waals surface area contributed by atoms with Crippen molar-refractivity contribution in [2.45, 2.75) is 25.9 Å². The molecule has 3 aromatic rings. The van der Waals surface area contributed by atoms with Crippen LogP contribution in [-0.2, 0) is 6.61 Å². The van der Waals surface area contributed by atoms with Gasteiger partial charge in [-0.3, -0.25) is 0 Å². The summed E-state index contributed by atoms with van der Waals surface area (Å²) in [7, 11) is 0. The Bertz CT molecular complexity index is 892. The first-order valence-corrected chi connectivity index (χ1v) is 9.71. The summed E-state index contributed by atoms with van der Waals surface area (Å²) in [5, 5.41) is 2.49. The largest absolute Gasteiger partial charge is 0.489 e. The van der Waals surface area contributed by atoms with E-state index in [-0.39, 0.29) is 0 Å². The van der Waals surface area contributed by atoms with Crippen LogP contribution in [0.2, 0.25) is 0 Å². The van der Waals surface area contributed by atoms with Gasteiger partial charge < -0.3 is 9.64 Å². The maximum absolute atomic E-state index is 6.02. The maximum Gasteiger partial charge on any atom is 0.119 e. The highest BCUT2D eigenvalue weighted by atomic mass is 32.1. The monoisotopic (exact) mass is 361 g/mol. The highest BCUT2D eigenvalue weighted by Crippen LogP contribution is 2.22. The molecule has 1 heterocycles. The lowest BCUT2D eigenvalue weighted by Gasteiger charge is -2.29. The number of hydrogen-bond acceptors (Lipinski definition) is 2. The molecule has 1 fully saturated rings. The standard InChI is InChI=1S/C23H23NOS/c26-23(24-15-4-1-5-16-24)19-11-13-21(14-12-19)25-17-20-9-6-8-18-7-2-3-10-22(18)20/h2-3,6-14H,1,4-5,15-17H2. The Morgan fingerprint density at radius 2 is 1.58 bits per heavy atom. The second-order valence-corrected chi connectivity index (χ2v) is 7.19. The molecule has 0 N–H and O–H groups in total. The Kier molecular flexibility index (Phi) is 5.16. The molecule has 3 heteroatoms. The van der Waals surface area contributed by atoms with Gasteiger partial charge in [0.15, 0.2) is 0 Å². The molecule has 132 valence electrons. The molecule has 1 saturated heterocycles. The Labute approximate surface area is 160 Å². The van der Waals surface area contributed by atoms with Gasteiger partial charge in [0.1, 0.15) is 17.3 Å². The van der Waals surface area contributed by atoms with E-state index in [4.69, 9.17) is 17.0 Å². The Balaban J connectivity index is 1.43. The molecule has 0 bridgehead atoms. The number of thiocarbonyl (C=S) groups is 1. The summed E-state index contributed by atoms with van der Waals surface area (Å²) in [5.41, 5.74) is 2.32. The third-order valence-corrected chi connectivity index (χ3v) is 5.51. The molecule has 1 aliphatic heterocycles. The average molecular weight is 362 g/mol. The molecule has 3 aromatic carbocycles. The van der Waals surface area contributed by atoms with Crippen LogP contribution in [0.15, 0.2) is 66.7 Å². The van der Waals surface area contributed by atoms with Gasteiger partial charge in [0.2, 0.25) is 0 Å². The number of piperidine rings is 1. The molecule has 1 aliphatic rings. The first kappa shape index (κ1) is 17.0. The quantitative estimate of drug-likeness (QED) is 0.563. The maximum atomic E-state index is 6.02. The number of fused-ring (bicyclic) bond motifs is 1. The van der Waals surface area contributed by atoms with Gasteiger partial charge in [-0.05, 0) is 59.9 Å². The minimum absolute atomic E-state index is 0.567. The van der Waals surface area contributed by atoms with Crippen molar-refractivity contribution < 1.29 is 4.74 Å². The van der Waals surface area contributed by atoms with Crippen molar-refractivity contribution in [2.75, 3.05) is 13.1 Å². The number of nitrogens with zero attached hydrogens (tertiary/aromatic N) is 1. The van der Waals surface area contributed by atoms with Crippen LogP contribution >= 0.6 is 12.2 Å². The summed E-state index contributed by atoms with van der Waals surface area (Å²) in [4.78, 5) is 3.29. The molecule has 0 aromatic heterocycles. The summed E-state index contributed by atoms with van der Waals surface area (Å²) in [6.45, 7) is 2.73. The van der Waals surface area contributed by atoms with Gasteiger partial charge in [0.25, 0.3) is 0 Å². The summed E-state index contributed by atoms with van der Waals surface area (Å²) in [6, 6.07) is 23.0. The summed E-state index contributed by atoms with van der Waals surface area (Å²) < 4.78 is 6.02. The van der Waals surface area contributed by atoms with Crippen LogP contribution in [0.3, 0.4) is 0 Å². The highest BCUT2D eigenvalue weighted by Gasteiger charge is 2.14. The van der Waals surface area contributed by atoms with E-state index in [0.29, 0.717) is 6.61 Å². The lowest BCUT2D eigenvalue weighted by molar-refractivity contribution is 0.307.